The fraction of sp³-hybridized carbons (Fsp3) is 0.350. The van der Waals surface area contributed by atoms with Crippen molar-refractivity contribution in [3.8, 4) is 11.1 Å². The van der Waals surface area contributed by atoms with E-state index in [0.29, 0.717) is 6.42 Å². The fourth-order valence-corrected chi connectivity index (χ4v) is 3.48. The van der Waals surface area contributed by atoms with Crippen molar-refractivity contribution in [1.29, 1.82) is 0 Å². The molecule has 0 aromatic heterocycles. The molecular weight excluding hydrogens is 341 g/mol. The highest BCUT2D eigenvalue weighted by Gasteiger charge is 2.53. The Bertz CT molecular complexity index is 809. The van der Waals surface area contributed by atoms with E-state index in [1.165, 1.54) is 31.0 Å². The number of likely N-dealkylation sites (tertiary alicyclic amines) is 1. The predicted molar refractivity (Wildman–Crippen MR) is 94.6 cm³/mol. The first-order chi connectivity index (χ1) is 12.3. The predicted octanol–water partition coefficient (Wildman–Crippen LogP) is 4.33. The van der Waals surface area contributed by atoms with E-state index in [-0.39, 0.29) is 5.82 Å². The van der Waals surface area contributed by atoms with E-state index in [1.807, 2.05) is 24.3 Å². The first-order valence-corrected chi connectivity index (χ1v) is 8.53. The maximum atomic E-state index is 14.2. The number of nitrogens with one attached hydrogen (secondary N) is 1. The molecule has 2 atom stereocenters. The van der Waals surface area contributed by atoms with Crippen LogP contribution in [0.3, 0.4) is 0 Å². The molecule has 2 aromatic rings. The molecule has 0 unspecified atom stereocenters. The maximum Gasteiger partial charge on any atom is 0.317 e. The zero-order valence-electron chi connectivity index (χ0n) is 14.7. The molecule has 1 N–H and O–H groups in total. The first kappa shape index (κ1) is 18.3. The van der Waals surface area contributed by atoms with Crippen LogP contribution in [0.2, 0.25) is 0 Å². The fourth-order valence-electron chi connectivity index (χ4n) is 3.48. The van der Waals surface area contributed by atoms with Crippen LogP contribution in [0.5, 0.6) is 0 Å². The van der Waals surface area contributed by atoms with Crippen molar-refractivity contribution in [2.45, 2.75) is 25.3 Å². The molecule has 26 heavy (non-hydrogen) atoms. The van der Waals surface area contributed by atoms with Gasteiger partial charge >= 0.3 is 6.03 Å². The molecule has 2 aromatic carbocycles. The normalized spacial score (nSPS) is 21.7. The van der Waals surface area contributed by atoms with Crippen molar-refractivity contribution in [1.82, 2.24) is 10.2 Å². The lowest BCUT2D eigenvalue weighted by atomic mass is 9.92. The largest absolute Gasteiger partial charge is 0.341 e. The summed E-state index contributed by atoms with van der Waals surface area (Å²) in [7, 11) is 1.44. The Labute approximate surface area is 150 Å². The second-order valence-electron chi connectivity index (χ2n) is 6.71. The van der Waals surface area contributed by atoms with Gasteiger partial charge < -0.3 is 10.2 Å². The molecule has 2 amide bonds. The van der Waals surface area contributed by atoms with Gasteiger partial charge in [0.25, 0.3) is 5.92 Å². The number of carbonyl (C=O) groups excluding carboxylic acids is 1. The number of alkyl halides is 2. The Hall–Kier alpha value is -2.50. The minimum atomic E-state index is -2.92. The summed E-state index contributed by atoms with van der Waals surface area (Å²) in [6.45, 7) is 0.895. The molecule has 3 nitrogen and oxygen atoms in total. The number of benzene rings is 2. The van der Waals surface area contributed by atoms with Gasteiger partial charge in [0.15, 0.2) is 0 Å². The summed E-state index contributed by atoms with van der Waals surface area (Å²) in [6.07, 6.45) is 0.313. The van der Waals surface area contributed by atoms with E-state index in [4.69, 9.17) is 0 Å². The van der Waals surface area contributed by atoms with Gasteiger partial charge in [-0.2, -0.15) is 0 Å². The Balaban J connectivity index is 1.88. The van der Waals surface area contributed by atoms with Crippen LogP contribution in [0.15, 0.2) is 48.5 Å². The van der Waals surface area contributed by atoms with E-state index >= 15 is 0 Å². The monoisotopic (exact) mass is 362 g/mol. The van der Waals surface area contributed by atoms with Gasteiger partial charge in [-0.1, -0.05) is 43.3 Å². The molecule has 0 bridgehead atoms. The average molecular weight is 362 g/mol. The van der Waals surface area contributed by atoms with Gasteiger partial charge in [-0.3, -0.25) is 0 Å². The quantitative estimate of drug-likeness (QED) is 0.866. The van der Waals surface area contributed by atoms with E-state index in [9.17, 15) is 18.0 Å². The van der Waals surface area contributed by atoms with Gasteiger partial charge in [-0.15, -0.1) is 0 Å². The van der Waals surface area contributed by atoms with Gasteiger partial charge in [0.1, 0.15) is 5.82 Å². The average Bonchev–Trinajstić information content (AvgIpc) is 2.85. The molecule has 138 valence electrons. The molecule has 3 rings (SSSR count). The third kappa shape index (κ3) is 3.54. The number of amides is 2. The molecule has 0 radical (unpaired) electrons. The van der Waals surface area contributed by atoms with Crippen molar-refractivity contribution >= 4 is 6.03 Å². The number of hydrogen-bond acceptors (Lipinski definition) is 1. The first-order valence-electron chi connectivity index (χ1n) is 8.53. The molecule has 0 spiro atoms. The molecule has 0 aliphatic carbocycles. The van der Waals surface area contributed by atoms with Crippen molar-refractivity contribution in [2.24, 2.45) is 5.92 Å². The molecule has 6 heteroatoms. The SMILES string of the molecule is CNC(=O)N1CC(F)(F)[C@H](C)[C@@H]1Cc1cccc(-c2cccc(F)c2)c1. The third-order valence-electron chi connectivity index (χ3n) is 5.03. The number of carbonyl (C=O) groups is 1. The van der Waals surface area contributed by atoms with Crippen molar-refractivity contribution < 1.29 is 18.0 Å². The smallest absolute Gasteiger partial charge is 0.317 e. The van der Waals surface area contributed by atoms with Crippen LogP contribution in [0.1, 0.15) is 12.5 Å². The topological polar surface area (TPSA) is 32.3 Å². The standard InChI is InChI=1S/C20H21F3N2O/c1-13-18(25(19(26)24-2)12-20(13,22)23)10-14-5-3-6-15(9-14)16-7-4-8-17(21)11-16/h3-9,11,13,18H,10,12H2,1-2H3,(H,24,26)/t13-,18+/m1/s1. The van der Waals surface area contributed by atoms with E-state index in [1.54, 1.807) is 12.1 Å². The summed E-state index contributed by atoms with van der Waals surface area (Å²) < 4.78 is 41.8. The number of halogens is 3. The van der Waals surface area contributed by atoms with Crippen LogP contribution in [0, 0.1) is 11.7 Å². The molecule has 1 heterocycles. The second-order valence-corrected chi connectivity index (χ2v) is 6.71. The van der Waals surface area contributed by atoms with Gasteiger partial charge in [0.2, 0.25) is 0 Å². The van der Waals surface area contributed by atoms with Crippen LogP contribution >= 0.6 is 0 Å². The van der Waals surface area contributed by atoms with Crippen LogP contribution in [0.4, 0.5) is 18.0 Å². The summed E-state index contributed by atoms with van der Waals surface area (Å²) in [4.78, 5) is 13.2. The summed E-state index contributed by atoms with van der Waals surface area (Å²) >= 11 is 0. The van der Waals surface area contributed by atoms with E-state index in [0.717, 1.165) is 16.7 Å². The van der Waals surface area contributed by atoms with Crippen LogP contribution < -0.4 is 5.32 Å². The minimum Gasteiger partial charge on any atom is -0.341 e. The van der Waals surface area contributed by atoms with Gasteiger partial charge in [0.05, 0.1) is 6.54 Å². The Morgan fingerprint density at radius 3 is 2.50 bits per heavy atom. The van der Waals surface area contributed by atoms with Crippen molar-refractivity contribution in [2.75, 3.05) is 13.6 Å². The molecule has 1 fully saturated rings. The highest BCUT2D eigenvalue weighted by molar-refractivity contribution is 5.75. The lowest BCUT2D eigenvalue weighted by Gasteiger charge is -2.26. The Morgan fingerprint density at radius 1 is 1.19 bits per heavy atom. The second kappa shape index (κ2) is 7.02. The van der Waals surface area contributed by atoms with E-state index < -0.39 is 30.5 Å². The third-order valence-corrected chi connectivity index (χ3v) is 5.03. The van der Waals surface area contributed by atoms with Gasteiger partial charge in [0, 0.05) is 19.0 Å². The summed E-state index contributed by atoms with van der Waals surface area (Å²) in [5.74, 6) is -4.20. The maximum absolute atomic E-state index is 14.2. The Kier molecular flexibility index (Phi) is 4.94. The number of nitrogens with zero attached hydrogens (tertiary/aromatic N) is 1. The molecule has 1 aliphatic rings. The zero-order valence-corrected chi connectivity index (χ0v) is 14.7. The molecule has 1 saturated heterocycles. The van der Waals surface area contributed by atoms with Crippen LogP contribution in [-0.2, 0) is 6.42 Å². The van der Waals surface area contributed by atoms with E-state index in [2.05, 4.69) is 5.32 Å². The number of hydrogen-bond donors (Lipinski definition) is 1. The number of urea groups is 1. The summed E-state index contributed by atoms with van der Waals surface area (Å²) in [5, 5.41) is 2.44. The van der Waals surface area contributed by atoms with Gasteiger partial charge in [-0.05, 0) is 35.2 Å². The lowest BCUT2D eigenvalue weighted by molar-refractivity contribution is -0.0226. The highest BCUT2D eigenvalue weighted by atomic mass is 19.3. The molecular formula is C20H21F3N2O. The van der Waals surface area contributed by atoms with Crippen LogP contribution in [-0.4, -0.2) is 36.5 Å². The van der Waals surface area contributed by atoms with Gasteiger partial charge in [-0.25, -0.2) is 18.0 Å². The number of rotatable bonds is 3. The summed E-state index contributed by atoms with van der Waals surface area (Å²) in [6, 6.07) is 12.5. The highest BCUT2D eigenvalue weighted by Crippen LogP contribution is 2.39. The van der Waals surface area contributed by atoms with Crippen molar-refractivity contribution in [3.05, 3.63) is 59.9 Å². The zero-order chi connectivity index (χ0) is 18.9. The molecule has 0 saturated carbocycles. The van der Waals surface area contributed by atoms with Crippen LogP contribution in [0.25, 0.3) is 11.1 Å². The Morgan fingerprint density at radius 2 is 1.85 bits per heavy atom. The molecule has 1 aliphatic heterocycles. The lowest BCUT2D eigenvalue weighted by Crippen LogP contribution is -2.43. The van der Waals surface area contributed by atoms with Crippen molar-refractivity contribution in [3.63, 3.8) is 0 Å². The minimum absolute atomic E-state index is 0.313. The summed E-state index contributed by atoms with van der Waals surface area (Å²) in [5.41, 5.74) is 2.36.